The number of hydrogen-bond donors (Lipinski definition) is 2. The number of nitrogens with two attached hydrogens (primary N) is 1. The first-order valence-electron chi connectivity index (χ1n) is 7.44. The number of carbonyl (C=O) groups is 1. The molecule has 0 aliphatic heterocycles. The largest absolute Gasteiger partial charge is 0.494 e. The molecule has 118 valence electrons. The van der Waals surface area contributed by atoms with E-state index in [9.17, 15) is 9.18 Å². The third-order valence-corrected chi connectivity index (χ3v) is 3.49. The Morgan fingerprint density at radius 3 is 2.76 bits per heavy atom. The minimum atomic E-state index is -0.393. The highest BCUT2D eigenvalue weighted by atomic mass is 19.1. The molecule has 0 heterocycles. The van der Waals surface area contributed by atoms with Crippen molar-refractivity contribution in [1.29, 1.82) is 0 Å². The van der Waals surface area contributed by atoms with Gasteiger partial charge in [0.25, 0.3) is 0 Å². The molecule has 1 amide bonds. The average molecular weight is 296 g/mol. The summed E-state index contributed by atoms with van der Waals surface area (Å²) < 4.78 is 18.1. The van der Waals surface area contributed by atoms with Crippen molar-refractivity contribution in [3.63, 3.8) is 0 Å². The average Bonchev–Trinajstić information content (AvgIpc) is 2.47. The zero-order valence-electron chi connectivity index (χ0n) is 12.8. The molecule has 1 rings (SSSR count). The molecule has 1 aromatic rings. The molecule has 0 radical (unpaired) electrons. The van der Waals surface area contributed by atoms with Crippen LogP contribution >= 0.6 is 0 Å². The summed E-state index contributed by atoms with van der Waals surface area (Å²) in [5, 5.41) is 2.77. The van der Waals surface area contributed by atoms with Gasteiger partial charge in [-0.05, 0) is 37.4 Å². The smallest absolute Gasteiger partial charge is 0.224 e. The van der Waals surface area contributed by atoms with Gasteiger partial charge in [0.05, 0.1) is 12.8 Å². The number of hydrogen-bond acceptors (Lipinski definition) is 3. The molecule has 0 saturated carbocycles. The predicted octanol–water partition coefficient (Wildman–Crippen LogP) is 3.32. The topological polar surface area (TPSA) is 64.4 Å². The Hall–Kier alpha value is -1.62. The van der Waals surface area contributed by atoms with E-state index in [0.717, 1.165) is 25.7 Å². The normalized spacial score (nSPS) is 12.0. The van der Waals surface area contributed by atoms with Gasteiger partial charge in [-0.3, -0.25) is 4.79 Å². The molecular weight excluding hydrogens is 271 g/mol. The van der Waals surface area contributed by atoms with E-state index < -0.39 is 5.82 Å². The molecule has 0 bridgehead atoms. The fraction of sp³-hybridized carbons (Fsp3) is 0.562. The second-order valence-corrected chi connectivity index (χ2v) is 5.16. The Bertz CT molecular complexity index is 446. The van der Waals surface area contributed by atoms with E-state index in [4.69, 9.17) is 10.5 Å². The Balaban J connectivity index is 2.53. The van der Waals surface area contributed by atoms with Crippen molar-refractivity contribution in [2.24, 2.45) is 11.7 Å². The van der Waals surface area contributed by atoms with E-state index in [1.165, 1.54) is 25.3 Å². The Kier molecular flexibility index (Phi) is 7.75. The van der Waals surface area contributed by atoms with Crippen LogP contribution in [-0.2, 0) is 4.79 Å². The van der Waals surface area contributed by atoms with Crippen molar-refractivity contribution < 1.29 is 13.9 Å². The predicted molar refractivity (Wildman–Crippen MR) is 82.9 cm³/mol. The number of carbonyl (C=O) groups excluding carboxylic acids is 1. The van der Waals surface area contributed by atoms with E-state index in [1.807, 2.05) is 0 Å². The van der Waals surface area contributed by atoms with Crippen molar-refractivity contribution in [3.8, 4) is 5.75 Å². The van der Waals surface area contributed by atoms with Crippen LogP contribution in [0.15, 0.2) is 18.2 Å². The fourth-order valence-electron chi connectivity index (χ4n) is 2.39. The molecule has 0 spiro atoms. The fourth-order valence-corrected chi connectivity index (χ4v) is 2.39. The quantitative estimate of drug-likeness (QED) is 0.734. The molecule has 1 unspecified atom stereocenters. The highest BCUT2D eigenvalue weighted by Crippen LogP contribution is 2.25. The molecule has 0 fully saturated rings. The molecule has 5 heteroatoms. The lowest BCUT2D eigenvalue weighted by molar-refractivity contribution is -0.116. The van der Waals surface area contributed by atoms with Gasteiger partial charge in [0, 0.05) is 12.5 Å². The second kappa shape index (κ2) is 9.34. The highest BCUT2D eigenvalue weighted by molar-refractivity contribution is 5.92. The van der Waals surface area contributed by atoms with Crippen LogP contribution in [0, 0.1) is 11.7 Å². The summed E-state index contributed by atoms with van der Waals surface area (Å²) in [5.74, 6) is 0.338. The van der Waals surface area contributed by atoms with E-state index in [0.29, 0.717) is 30.3 Å². The van der Waals surface area contributed by atoms with Crippen LogP contribution in [-0.4, -0.2) is 19.6 Å². The molecule has 0 aliphatic carbocycles. The summed E-state index contributed by atoms with van der Waals surface area (Å²) in [4.78, 5) is 12.0. The van der Waals surface area contributed by atoms with E-state index in [-0.39, 0.29) is 5.91 Å². The minimum absolute atomic E-state index is 0.0852. The van der Waals surface area contributed by atoms with Crippen molar-refractivity contribution in [3.05, 3.63) is 24.0 Å². The lowest BCUT2D eigenvalue weighted by atomic mass is 9.94. The van der Waals surface area contributed by atoms with Crippen LogP contribution in [0.4, 0.5) is 10.1 Å². The SMILES string of the molecule is CCCC(CCN)CCC(=O)Nc1ccc(F)cc1OC. The van der Waals surface area contributed by atoms with Crippen molar-refractivity contribution in [1.82, 2.24) is 0 Å². The van der Waals surface area contributed by atoms with Gasteiger partial charge in [0.15, 0.2) is 0 Å². The lowest BCUT2D eigenvalue weighted by Crippen LogP contribution is -2.15. The monoisotopic (exact) mass is 296 g/mol. The van der Waals surface area contributed by atoms with E-state index in [2.05, 4.69) is 12.2 Å². The van der Waals surface area contributed by atoms with E-state index in [1.54, 1.807) is 0 Å². The van der Waals surface area contributed by atoms with Crippen LogP contribution in [0.1, 0.15) is 39.0 Å². The molecule has 0 aromatic heterocycles. The maximum atomic E-state index is 13.1. The van der Waals surface area contributed by atoms with Gasteiger partial charge in [-0.15, -0.1) is 0 Å². The molecule has 0 saturated heterocycles. The Labute approximate surface area is 125 Å². The molecule has 3 N–H and O–H groups in total. The molecular formula is C16H25FN2O2. The summed E-state index contributed by atoms with van der Waals surface area (Å²) in [7, 11) is 1.45. The maximum absolute atomic E-state index is 13.1. The van der Waals surface area contributed by atoms with Crippen LogP contribution in [0.25, 0.3) is 0 Å². The Morgan fingerprint density at radius 2 is 2.14 bits per heavy atom. The van der Waals surface area contributed by atoms with Gasteiger partial charge in [0.2, 0.25) is 5.91 Å². The lowest BCUT2D eigenvalue weighted by Gasteiger charge is -2.15. The summed E-state index contributed by atoms with van der Waals surface area (Å²) in [6.07, 6.45) is 4.38. The third-order valence-electron chi connectivity index (χ3n) is 3.49. The molecule has 21 heavy (non-hydrogen) atoms. The zero-order chi connectivity index (χ0) is 15.7. The van der Waals surface area contributed by atoms with Gasteiger partial charge in [-0.1, -0.05) is 19.8 Å². The summed E-state index contributed by atoms with van der Waals surface area (Å²) in [5.41, 5.74) is 6.08. The summed E-state index contributed by atoms with van der Waals surface area (Å²) in [6.45, 7) is 2.78. The number of benzene rings is 1. The molecule has 1 atom stereocenters. The van der Waals surface area contributed by atoms with Crippen molar-refractivity contribution in [2.45, 2.75) is 39.0 Å². The van der Waals surface area contributed by atoms with Crippen molar-refractivity contribution in [2.75, 3.05) is 19.0 Å². The van der Waals surface area contributed by atoms with E-state index >= 15 is 0 Å². The number of halogens is 1. The first-order chi connectivity index (χ1) is 10.1. The second-order valence-electron chi connectivity index (χ2n) is 5.16. The van der Waals surface area contributed by atoms with Crippen LogP contribution < -0.4 is 15.8 Å². The molecule has 4 nitrogen and oxygen atoms in total. The number of ether oxygens (including phenoxy) is 1. The number of amides is 1. The standard InChI is InChI=1S/C16H25FN2O2/c1-3-4-12(9-10-18)5-8-16(20)19-14-7-6-13(17)11-15(14)21-2/h6-7,11-12H,3-5,8-10,18H2,1-2H3,(H,19,20). The van der Waals surface area contributed by atoms with Crippen LogP contribution in [0.3, 0.4) is 0 Å². The molecule has 1 aromatic carbocycles. The summed E-state index contributed by atoms with van der Waals surface area (Å²) >= 11 is 0. The summed E-state index contributed by atoms with van der Waals surface area (Å²) in [6, 6.07) is 4.06. The Morgan fingerprint density at radius 1 is 1.38 bits per heavy atom. The zero-order valence-corrected chi connectivity index (χ0v) is 12.8. The maximum Gasteiger partial charge on any atom is 0.224 e. The van der Waals surface area contributed by atoms with Gasteiger partial charge >= 0.3 is 0 Å². The first-order valence-corrected chi connectivity index (χ1v) is 7.44. The van der Waals surface area contributed by atoms with Gasteiger partial charge in [0.1, 0.15) is 11.6 Å². The van der Waals surface area contributed by atoms with Gasteiger partial charge < -0.3 is 15.8 Å². The van der Waals surface area contributed by atoms with Gasteiger partial charge in [-0.25, -0.2) is 4.39 Å². The van der Waals surface area contributed by atoms with Crippen molar-refractivity contribution >= 4 is 11.6 Å². The minimum Gasteiger partial charge on any atom is -0.494 e. The third kappa shape index (κ3) is 6.12. The number of nitrogens with one attached hydrogen (secondary N) is 1. The number of anilines is 1. The van der Waals surface area contributed by atoms with Crippen LogP contribution in [0.2, 0.25) is 0 Å². The number of methoxy groups -OCH3 is 1. The van der Waals surface area contributed by atoms with Crippen LogP contribution in [0.5, 0.6) is 5.75 Å². The first kappa shape index (κ1) is 17.4. The van der Waals surface area contributed by atoms with Gasteiger partial charge in [-0.2, -0.15) is 0 Å². The number of rotatable bonds is 9. The highest BCUT2D eigenvalue weighted by Gasteiger charge is 2.12. The molecule has 0 aliphatic rings.